The van der Waals surface area contributed by atoms with Gasteiger partial charge < -0.3 is 9.47 Å². The molecule has 0 spiro atoms. The molecule has 0 N–H and O–H groups in total. The lowest BCUT2D eigenvalue weighted by atomic mass is 9.89. The minimum atomic E-state index is 0.484. The summed E-state index contributed by atoms with van der Waals surface area (Å²) in [5.74, 6) is 0.484. The van der Waals surface area contributed by atoms with Crippen molar-refractivity contribution in [2.45, 2.75) is 46.1 Å². The van der Waals surface area contributed by atoms with Crippen LogP contribution in [0.4, 0.5) is 0 Å². The maximum atomic E-state index is 4.17. The molecule has 1 aromatic rings. The fourth-order valence-electron chi connectivity index (χ4n) is 5.28. The molecule has 1 aliphatic heterocycles. The molecule has 1 aromatic heterocycles. The van der Waals surface area contributed by atoms with Gasteiger partial charge in [0.1, 0.15) is 0 Å². The van der Waals surface area contributed by atoms with E-state index < -0.39 is 0 Å². The topological polar surface area (TPSA) is 11.4 Å². The predicted molar refractivity (Wildman–Crippen MR) is 133 cm³/mol. The van der Waals surface area contributed by atoms with E-state index in [2.05, 4.69) is 83.5 Å². The first-order valence-corrected chi connectivity index (χ1v) is 12.1. The Hall–Kier alpha value is -2.10. The van der Waals surface area contributed by atoms with Crippen LogP contribution in [0, 0.1) is 5.92 Å². The molecule has 2 aliphatic carbocycles. The van der Waals surface area contributed by atoms with Gasteiger partial charge in [-0.1, -0.05) is 54.5 Å². The van der Waals surface area contributed by atoms with Crippen molar-refractivity contribution >= 4 is 6.08 Å². The van der Waals surface area contributed by atoms with E-state index in [9.17, 15) is 0 Å². The molecule has 1 saturated heterocycles. The third kappa shape index (κ3) is 5.39. The van der Waals surface area contributed by atoms with Crippen molar-refractivity contribution in [3.63, 3.8) is 0 Å². The van der Waals surface area contributed by atoms with Crippen molar-refractivity contribution in [2.75, 3.05) is 39.3 Å². The summed E-state index contributed by atoms with van der Waals surface area (Å²) in [6, 6.07) is 2.25. The Morgan fingerprint density at radius 3 is 2.68 bits per heavy atom. The molecule has 1 fully saturated rings. The zero-order valence-corrected chi connectivity index (χ0v) is 19.5. The van der Waals surface area contributed by atoms with Gasteiger partial charge in [0, 0.05) is 70.0 Å². The maximum Gasteiger partial charge on any atom is 0.0297 e. The first-order chi connectivity index (χ1) is 15.2. The summed E-state index contributed by atoms with van der Waals surface area (Å²) < 4.78 is 2.44. The van der Waals surface area contributed by atoms with Gasteiger partial charge in [0.25, 0.3) is 0 Å². The Balaban J connectivity index is 1.30. The number of rotatable bonds is 8. The Morgan fingerprint density at radius 2 is 1.90 bits per heavy atom. The van der Waals surface area contributed by atoms with Crippen LogP contribution in [0.25, 0.3) is 6.08 Å². The molecule has 166 valence electrons. The van der Waals surface area contributed by atoms with E-state index >= 15 is 0 Å². The highest BCUT2D eigenvalue weighted by atomic mass is 15.3. The molecule has 3 nitrogen and oxygen atoms in total. The summed E-state index contributed by atoms with van der Waals surface area (Å²) in [5, 5.41) is 0. The molecule has 3 aliphatic rings. The number of hydrogen-bond acceptors (Lipinski definition) is 2. The minimum absolute atomic E-state index is 0.484. The molecule has 0 radical (unpaired) electrons. The summed E-state index contributed by atoms with van der Waals surface area (Å²) in [5.41, 5.74) is 7.62. The van der Waals surface area contributed by atoms with Crippen molar-refractivity contribution in [3.05, 3.63) is 77.2 Å². The molecular weight excluding hydrogens is 378 g/mol. The Bertz CT molecular complexity index is 887. The Kier molecular flexibility index (Phi) is 7.47. The first kappa shape index (κ1) is 22.1. The molecule has 31 heavy (non-hydrogen) atoms. The zero-order valence-electron chi connectivity index (χ0n) is 19.5. The summed E-state index contributed by atoms with van der Waals surface area (Å²) in [6.45, 7) is 16.7. The van der Waals surface area contributed by atoms with E-state index in [0.29, 0.717) is 5.92 Å². The van der Waals surface area contributed by atoms with Gasteiger partial charge >= 0.3 is 0 Å². The quantitative estimate of drug-likeness (QED) is 0.519. The zero-order chi connectivity index (χ0) is 21.6. The number of allylic oxidation sites excluding steroid dienone is 5. The standard InChI is InChI=1S/C28H39N3/c1-4-24(21-31-15-14-26-11-7-6-8-13-28(26)31)20-29-16-18-30(19-17-29)22-27-23(3)10-9-12-25(27)5-2/h4,6-8,10-11,14-15,24H,1,5,9,12-13,16-22H2,2-3H3. The van der Waals surface area contributed by atoms with Gasteiger partial charge in [-0.05, 0) is 43.4 Å². The molecule has 0 saturated carbocycles. The normalized spacial score (nSPS) is 21.0. The summed E-state index contributed by atoms with van der Waals surface area (Å²) in [4.78, 5) is 5.31. The minimum Gasteiger partial charge on any atom is -0.350 e. The van der Waals surface area contributed by atoms with Gasteiger partial charge in [-0.3, -0.25) is 4.90 Å². The number of aromatic nitrogens is 1. The van der Waals surface area contributed by atoms with Crippen molar-refractivity contribution < 1.29 is 0 Å². The highest BCUT2D eigenvalue weighted by Gasteiger charge is 2.22. The van der Waals surface area contributed by atoms with E-state index in [1.807, 2.05) is 0 Å². The van der Waals surface area contributed by atoms with Crippen LogP contribution in [0.3, 0.4) is 0 Å². The number of hydrogen-bond donors (Lipinski definition) is 0. The van der Waals surface area contributed by atoms with Gasteiger partial charge in [0.2, 0.25) is 0 Å². The van der Waals surface area contributed by atoms with Gasteiger partial charge in [0.15, 0.2) is 0 Å². The lowest BCUT2D eigenvalue weighted by Gasteiger charge is -2.37. The highest BCUT2D eigenvalue weighted by Crippen LogP contribution is 2.28. The van der Waals surface area contributed by atoms with Crippen LogP contribution < -0.4 is 0 Å². The number of fused-ring (bicyclic) bond motifs is 1. The molecule has 0 aromatic carbocycles. The van der Waals surface area contributed by atoms with Crippen LogP contribution >= 0.6 is 0 Å². The molecular formula is C28H39N3. The average molecular weight is 418 g/mol. The highest BCUT2D eigenvalue weighted by molar-refractivity contribution is 5.56. The van der Waals surface area contributed by atoms with E-state index in [4.69, 9.17) is 0 Å². The second kappa shape index (κ2) is 10.5. The van der Waals surface area contributed by atoms with E-state index in [1.165, 1.54) is 49.2 Å². The monoisotopic (exact) mass is 417 g/mol. The van der Waals surface area contributed by atoms with E-state index in [-0.39, 0.29) is 0 Å². The molecule has 4 rings (SSSR count). The fraction of sp³-hybridized carbons (Fsp3) is 0.500. The van der Waals surface area contributed by atoms with Crippen molar-refractivity contribution in [1.29, 1.82) is 0 Å². The van der Waals surface area contributed by atoms with Crippen molar-refractivity contribution in [1.82, 2.24) is 14.4 Å². The second-order valence-corrected chi connectivity index (χ2v) is 9.30. The number of piperazine rings is 1. The Labute approximate surface area is 189 Å². The lowest BCUT2D eigenvalue weighted by molar-refractivity contribution is 0.128. The van der Waals surface area contributed by atoms with Crippen molar-refractivity contribution in [3.8, 4) is 0 Å². The molecule has 3 heteroatoms. The smallest absolute Gasteiger partial charge is 0.0297 e. The van der Waals surface area contributed by atoms with E-state index in [1.54, 1.807) is 11.1 Å². The van der Waals surface area contributed by atoms with Gasteiger partial charge in [-0.15, -0.1) is 6.58 Å². The van der Waals surface area contributed by atoms with Crippen LogP contribution in [-0.2, 0) is 13.0 Å². The summed E-state index contributed by atoms with van der Waals surface area (Å²) in [7, 11) is 0. The van der Waals surface area contributed by atoms with Crippen LogP contribution in [-0.4, -0.2) is 53.6 Å². The first-order valence-electron chi connectivity index (χ1n) is 12.1. The third-order valence-electron chi connectivity index (χ3n) is 7.28. The van der Waals surface area contributed by atoms with Gasteiger partial charge in [-0.25, -0.2) is 0 Å². The second-order valence-electron chi connectivity index (χ2n) is 9.30. The molecule has 0 bridgehead atoms. The summed E-state index contributed by atoms with van der Waals surface area (Å²) >= 11 is 0. The fourth-order valence-corrected chi connectivity index (χ4v) is 5.28. The van der Waals surface area contributed by atoms with Gasteiger partial charge in [0.05, 0.1) is 0 Å². The molecule has 2 heterocycles. The molecule has 1 atom stereocenters. The lowest BCUT2D eigenvalue weighted by Crippen LogP contribution is -2.48. The molecule has 1 unspecified atom stereocenters. The van der Waals surface area contributed by atoms with Gasteiger partial charge in [-0.2, -0.15) is 0 Å². The van der Waals surface area contributed by atoms with Crippen LogP contribution in [0.15, 0.2) is 65.9 Å². The van der Waals surface area contributed by atoms with Crippen LogP contribution in [0.5, 0.6) is 0 Å². The number of nitrogens with zero attached hydrogens (tertiary/aromatic N) is 3. The average Bonchev–Trinajstić information content (AvgIpc) is 3.01. The SMILES string of the molecule is C=CC(CN1CCN(CC2=C(CC)CCC=C2C)CC1)Cn1ccc2c1CC=CC=C2. The van der Waals surface area contributed by atoms with Crippen LogP contribution in [0.1, 0.15) is 44.4 Å². The molecule has 0 amide bonds. The van der Waals surface area contributed by atoms with Crippen LogP contribution in [0.2, 0.25) is 0 Å². The Morgan fingerprint density at radius 1 is 1.10 bits per heavy atom. The van der Waals surface area contributed by atoms with E-state index in [0.717, 1.165) is 39.1 Å². The maximum absolute atomic E-state index is 4.17. The third-order valence-corrected chi connectivity index (χ3v) is 7.28. The largest absolute Gasteiger partial charge is 0.350 e. The predicted octanol–water partition coefficient (Wildman–Crippen LogP) is 5.48. The van der Waals surface area contributed by atoms with Crippen molar-refractivity contribution in [2.24, 2.45) is 5.92 Å². The summed E-state index contributed by atoms with van der Waals surface area (Å²) in [6.07, 6.45) is 20.3.